The van der Waals surface area contributed by atoms with Crippen molar-refractivity contribution in [2.75, 3.05) is 17.8 Å². The minimum absolute atomic E-state index is 0.140. The van der Waals surface area contributed by atoms with Gasteiger partial charge in [0, 0.05) is 18.5 Å². The second-order valence-electron chi connectivity index (χ2n) is 7.39. The third-order valence-corrected chi connectivity index (χ3v) is 7.50. The fraction of sp³-hybridized carbons (Fsp3) is 0.273. The summed E-state index contributed by atoms with van der Waals surface area (Å²) in [6, 6.07) is 18.5. The minimum Gasteiger partial charge on any atom is -0.337 e. The number of anilines is 1. The van der Waals surface area contributed by atoms with Gasteiger partial charge in [0.1, 0.15) is 5.69 Å². The van der Waals surface area contributed by atoms with Gasteiger partial charge in [0.05, 0.1) is 4.90 Å². The van der Waals surface area contributed by atoms with Crippen LogP contribution < -0.4 is 4.72 Å². The molecule has 1 unspecified atom stereocenters. The Hall–Kier alpha value is -2.71. The second-order valence-corrected chi connectivity index (χ2v) is 9.93. The molecule has 1 fully saturated rings. The third kappa shape index (κ3) is 4.88. The van der Waals surface area contributed by atoms with Crippen LogP contribution in [0.5, 0.6) is 0 Å². The number of benzene rings is 2. The zero-order chi connectivity index (χ0) is 21.0. The molecule has 1 aromatic heterocycles. The molecule has 0 spiro atoms. The van der Waals surface area contributed by atoms with Crippen LogP contribution in [-0.4, -0.2) is 37.3 Å². The summed E-state index contributed by atoms with van der Waals surface area (Å²) in [7, 11) is -3.71. The molecule has 0 aliphatic carbocycles. The van der Waals surface area contributed by atoms with Crippen LogP contribution in [0, 0.1) is 5.92 Å². The maximum absolute atomic E-state index is 12.8. The van der Waals surface area contributed by atoms with Crippen molar-refractivity contribution < 1.29 is 13.2 Å². The standard InChI is InChI=1S/C22H23N3O3S2/c26-21(25-14-13-18(15-25)12-11-17-7-3-1-4-8-17)20-16-29-22(23-20)24-30(27,28)19-9-5-2-6-10-19/h1-10,16,18H,11-15H2,(H,23,24). The highest BCUT2D eigenvalue weighted by atomic mass is 32.2. The molecule has 30 heavy (non-hydrogen) atoms. The molecule has 8 heteroatoms. The van der Waals surface area contributed by atoms with Gasteiger partial charge >= 0.3 is 0 Å². The van der Waals surface area contributed by atoms with Crippen molar-refractivity contribution in [2.24, 2.45) is 5.92 Å². The summed E-state index contributed by atoms with van der Waals surface area (Å²) >= 11 is 1.12. The summed E-state index contributed by atoms with van der Waals surface area (Å²) in [4.78, 5) is 19.0. The van der Waals surface area contributed by atoms with Crippen LogP contribution in [0.25, 0.3) is 0 Å². The lowest BCUT2D eigenvalue weighted by Gasteiger charge is -2.15. The van der Waals surface area contributed by atoms with Crippen LogP contribution in [0.4, 0.5) is 5.13 Å². The van der Waals surface area contributed by atoms with Crippen molar-refractivity contribution in [1.29, 1.82) is 0 Å². The highest BCUT2D eigenvalue weighted by Crippen LogP contribution is 2.25. The SMILES string of the molecule is O=C(c1csc(NS(=O)(=O)c2ccccc2)n1)N1CCC(CCc2ccccc2)C1. The number of sulfonamides is 1. The Morgan fingerprint density at radius 1 is 1.10 bits per heavy atom. The van der Waals surface area contributed by atoms with E-state index in [2.05, 4.69) is 21.8 Å². The number of hydrogen-bond acceptors (Lipinski definition) is 5. The van der Waals surface area contributed by atoms with E-state index in [-0.39, 0.29) is 21.6 Å². The van der Waals surface area contributed by atoms with Crippen molar-refractivity contribution >= 4 is 32.4 Å². The first-order valence-electron chi connectivity index (χ1n) is 9.88. The van der Waals surface area contributed by atoms with E-state index in [1.807, 2.05) is 23.1 Å². The van der Waals surface area contributed by atoms with Crippen LogP contribution in [0.2, 0.25) is 0 Å². The van der Waals surface area contributed by atoms with Gasteiger partial charge in [-0.05, 0) is 42.9 Å². The van der Waals surface area contributed by atoms with Crippen LogP contribution >= 0.6 is 11.3 Å². The number of hydrogen-bond donors (Lipinski definition) is 1. The Kier molecular flexibility index (Phi) is 6.15. The van der Waals surface area contributed by atoms with Crippen LogP contribution in [0.1, 0.15) is 28.9 Å². The molecule has 2 aromatic carbocycles. The first-order chi connectivity index (χ1) is 14.5. The van der Waals surface area contributed by atoms with Crippen molar-refractivity contribution in [3.05, 3.63) is 77.3 Å². The first kappa shape index (κ1) is 20.6. The number of rotatable bonds is 7. The largest absolute Gasteiger partial charge is 0.337 e. The summed E-state index contributed by atoms with van der Waals surface area (Å²) in [5, 5.41) is 1.81. The number of aryl methyl sites for hydroxylation is 1. The number of likely N-dealkylation sites (tertiary alicyclic amines) is 1. The molecule has 1 saturated heterocycles. The van der Waals surface area contributed by atoms with Crippen molar-refractivity contribution in [3.8, 4) is 0 Å². The normalized spacial score (nSPS) is 16.5. The Morgan fingerprint density at radius 3 is 2.53 bits per heavy atom. The molecule has 1 N–H and O–H groups in total. The molecule has 4 rings (SSSR count). The molecule has 0 saturated carbocycles. The summed E-state index contributed by atoms with van der Waals surface area (Å²) in [5.41, 5.74) is 1.60. The van der Waals surface area contributed by atoms with E-state index in [4.69, 9.17) is 0 Å². The summed E-state index contributed by atoms with van der Waals surface area (Å²) in [6.07, 6.45) is 3.04. The molecule has 156 valence electrons. The molecule has 1 aliphatic heterocycles. The van der Waals surface area contributed by atoms with E-state index in [0.29, 0.717) is 19.0 Å². The van der Waals surface area contributed by atoms with Crippen LogP contribution in [0.15, 0.2) is 70.9 Å². The number of carbonyl (C=O) groups excluding carboxylic acids is 1. The van der Waals surface area contributed by atoms with Gasteiger partial charge in [-0.1, -0.05) is 48.5 Å². The molecule has 1 amide bonds. The Morgan fingerprint density at radius 2 is 1.80 bits per heavy atom. The fourth-order valence-electron chi connectivity index (χ4n) is 3.62. The monoisotopic (exact) mass is 441 g/mol. The fourth-order valence-corrected chi connectivity index (χ4v) is 5.58. The summed E-state index contributed by atoms with van der Waals surface area (Å²) in [6.45, 7) is 1.43. The molecule has 0 bridgehead atoms. The Bertz CT molecular complexity index is 1100. The lowest BCUT2D eigenvalue weighted by molar-refractivity contribution is 0.0781. The topological polar surface area (TPSA) is 79.4 Å². The van der Waals surface area contributed by atoms with Crippen LogP contribution in [0.3, 0.4) is 0 Å². The third-order valence-electron chi connectivity index (χ3n) is 5.26. The van der Waals surface area contributed by atoms with Gasteiger partial charge < -0.3 is 4.90 Å². The average Bonchev–Trinajstić information content (AvgIpc) is 3.43. The van der Waals surface area contributed by atoms with Gasteiger partial charge in [-0.25, -0.2) is 13.4 Å². The number of amides is 1. The molecule has 6 nitrogen and oxygen atoms in total. The number of aromatic nitrogens is 1. The number of thiazole rings is 1. The molecule has 0 radical (unpaired) electrons. The van der Waals surface area contributed by atoms with Crippen molar-refractivity contribution in [2.45, 2.75) is 24.2 Å². The van der Waals surface area contributed by atoms with Gasteiger partial charge in [-0.2, -0.15) is 0 Å². The Balaban J connectivity index is 1.34. The highest BCUT2D eigenvalue weighted by molar-refractivity contribution is 7.93. The predicted octanol–water partition coefficient (Wildman–Crippen LogP) is 4.04. The van der Waals surface area contributed by atoms with Gasteiger partial charge in [-0.3, -0.25) is 9.52 Å². The number of nitrogens with zero attached hydrogens (tertiary/aromatic N) is 2. The first-order valence-corrected chi connectivity index (χ1v) is 12.2. The summed E-state index contributed by atoms with van der Waals surface area (Å²) < 4.78 is 27.3. The zero-order valence-electron chi connectivity index (χ0n) is 16.4. The smallest absolute Gasteiger partial charge is 0.273 e. The van der Waals surface area contributed by atoms with E-state index in [0.717, 1.165) is 30.6 Å². The van der Waals surface area contributed by atoms with Gasteiger partial charge in [0.15, 0.2) is 5.13 Å². The van der Waals surface area contributed by atoms with E-state index < -0.39 is 10.0 Å². The van der Waals surface area contributed by atoms with Gasteiger partial charge in [0.25, 0.3) is 15.9 Å². The highest BCUT2D eigenvalue weighted by Gasteiger charge is 2.28. The second kappa shape index (κ2) is 8.97. The average molecular weight is 442 g/mol. The van der Waals surface area contributed by atoms with Gasteiger partial charge in [0.2, 0.25) is 0 Å². The molecule has 1 atom stereocenters. The van der Waals surface area contributed by atoms with Crippen LogP contribution in [-0.2, 0) is 16.4 Å². The maximum atomic E-state index is 12.8. The summed E-state index contributed by atoms with van der Waals surface area (Å²) in [5.74, 6) is 0.336. The molecule has 1 aliphatic rings. The van der Waals surface area contributed by atoms with E-state index >= 15 is 0 Å². The number of carbonyl (C=O) groups is 1. The van der Waals surface area contributed by atoms with E-state index in [1.165, 1.54) is 17.7 Å². The minimum atomic E-state index is -3.71. The molecule has 3 aromatic rings. The maximum Gasteiger partial charge on any atom is 0.273 e. The number of nitrogens with one attached hydrogen (secondary N) is 1. The van der Waals surface area contributed by atoms with E-state index in [1.54, 1.807) is 23.6 Å². The van der Waals surface area contributed by atoms with E-state index in [9.17, 15) is 13.2 Å². The molecular weight excluding hydrogens is 418 g/mol. The molecular formula is C22H23N3O3S2. The van der Waals surface area contributed by atoms with Crippen molar-refractivity contribution in [3.63, 3.8) is 0 Å². The quantitative estimate of drug-likeness (QED) is 0.600. The lowest BCUT2D eigenvalue weighted by atomic mass is 9.99. The molecule has 2 heterocycles. The predicted molar refractivity (Wildman–Crippen MR) is 118 cm³/mol. The van der Waals surface area contributed by atoms with Gasteiger partial charge in [-0.15, -0.1) is 11.3 Å². The van der Waals surface area contributed by atoms with Crippen molar-refractivity contribution in [1.82, 2.24) is 9.88 Å². The zero-order valence-corrected chi connectivity index (χ0v) is 18.0. The lowest BCUT2D eigenvalue weighted by Crippen LogP contribution is -2.29. The Labute approximate surface area is 180 Å².